The van der Waals surface area contributed by atoms with Crippen molar-refractivity contribution >= 4 is 28.2 Å². The van der Waals surface area contributed by atoms with Crippen LogP contribution < -0.4 is 19.3 Å². The number of aromatic nitrogens is 2. The number of likely N-dealkylation sites (N-methyl/N-ethyl adjacent to an activating group) is 1. The summed E-state index contributed by atoms with van der Waals surface area (Å²) in [5, 5.41) is 22.0. The molecule has 1 amide bonds. The average molecular weight is 584 g/mol. The molecule has 3 aliphatic rings. The lowest BCUT2D eigenvalue weighted by atomic mass is 10.1. The van der Waals surface area contributed by atoms with Crippen molar-refractivity contribution in [1.29, 1.82) is 5.26 Å². The number of nitriles is 1. The number of fused-ring (bicyclic) bond motifs is 2. The Labute approximate surface area is 251 Å². The molecule has 0 saturated carbocycles. The van der Waals surface area contributed by atoms with Gasteiger partial charge in [0, 0.05) is 42.8 Å². The van der Waals surface area contributed by atoms with Crippen LogP contribution in [0.1, 0.15) is 25.0 Å². The van der Waals surface area contributed by atoms with E-state index >= 15 is 0 Å². The van der Waals surface area contributed by atoms with E-state index in [1.54, 1.807) is 17.0 Å². The zero-order valence-corrected chi connectivity index (χ0v) is 24.5. The summed E-state index contributed by atoms with van der Waals surface area (Å²) in [5.74, 6) is 1.20. The molecule has 0 radical (unpaired) electrons. The molecule has 224 valence electrons. The molecule has 4 heterocycles. The molecule has 1 N–H and O–H groups in total. The van der Waals surface area contributed by atoms with Gasteiger partial charge in [-0.25, -0.2) is 0 Å². The third-order valence-corrected chi connectivity index (χ3v) is 8.65. The van der Waals surface area contributed by atoms with Crippen molar-refractivity contribution in [2.75, 3.05) is 62.8 Å². The zero-order valence-electron chi connectivity index (χ0n) is 24.5. The lowest BCUT2D eigenvalue weighted by molar-refractivity contribution is -0.128. The highest BCUT2D eigenvalue weighted by molar-refractivity contribution is 5.95. The second kappa shape index (κ2) is 12.4. The second-order valence-corrected chi connectivity index (χ2v) is 11.3. The number of carbonyl (C=O) groups excluding carboxylic acids is 1. The standard InChI is InChI=1S/C32H37N7O4/c1-3-29(41)39-14-13-38(19-23(39)10-11-33)31-30-27(34-32(35-31)43-21-24-8-6-12-36(24)2)20-37(15-16-42-30)28-18-25(40)17-22-7-4-5-9-26(22)28/h3-5,7,9,17-18,23-24,40H,1,6,8,10,12-16,19-21H2,2H3/t23-,24+/m0/s1. The Morgan fingerprint density at radius 3 is 2.84 bits per heavy atom. The Kier molecular flexibility index (Phi) is 8.20. The van der Waals surface area contributed by atoms with Gasteiger partial charge in [-0.3, -0.25) is 4.79 Å². The summed E-state index contributed by atoms with van der Waals surface area (Å²) in [6.45, 7) is 7.91. The van der Waals surface area contributed by atoms with Gasteiger partial charge in [-0.15, -0.1) is 0 Å². The second-order valence-electron chi connectivity index (χ2n) is 11.3. The van der Waals surface area contributed by atoms with Gasteiger partial charge in [0.25, 0.3) is 0 Å². The predicted octanol–water partition coefficient (Wildman–Crippen LogP) is 3.32. The highest BCUT2D eigenvalue weighted by Gasteiger charge is 2.34. The van der Waals surface area contributed by atoms with Crippen molar-refractivity contribution in [1.82, 2.24) is 19.8 Å². The van der Waals surface area contributed by atoms with Crippen molar-refractivity contribution in [3.8, 4) is 23.6 Å². The first-order valence-electron chi connectivity index (χ1n) is 14.8. The van der Waals surface area contributed by atoms with Gasteiger partial charge < -0.3 is 34.2 Å². The number of carbonyl (C=O) groups is 1. The Balaban J connectivity index is 1.36. The summed E-state index contributed by atoms with van der Waals surface area (Å²) in [7, 11) is 2.11. The van der Waals surface area contributed by atoms with Crippen LogP contribution in [0.3, 0.4) is 0 Å². The van der Waals surface area contributed by atoms with E-state index in [0.29, 0.717) is 69.2 Å². The van der Waals surface area contributed by atoms with Crippen LogP contribution in [-0.2, 0) is 11.3 Å². The Hall–Kier alpha value is -4.56. The SMILES string of the molecule is C=CC(=O)N1CCN(c2nc(OC[C@H]3CCCN3C)nc3c2OCCN(c2cc(O)cc4ccccc24)C3)C[C@@H]1CC#N. The molecule has 2 aromatic carbocycles. The van der Waals surface area contributed by atoms with Crippen molar-refractivity contribution in [3.05, 3.63) is 54.7 Å². The molecule has 2 fully saturated rings. The van der Waals surface area contributed by atoms with Gasteiger partial charge in [-0.1, -0.05) is 30.8 Å². The van der Waals surface area contributed by atoms with Crippen LogP contribution in [0.15, 0.2) is 49.1 Å². The normalized spacial score (nSPS) is 20.7. The minimum absolute atomic E-state index is 0.184. The van der Waals surface area contributed by atoms with Crippen LogP contribution in [-0.4, -0.2) is 95.9 Å². The van der Waals surface area contributed by atoms with Crippen LogP contribution in [0.25, 0.3) is 10.8 Å². The molecule has 6 rings (SSSR count). The summed E-state index contributed by atoms with van der Waals surface area (Å²) in [6.07, 6.45) is 3.69. The molecule has 3 aliphatic heterocycles. The lowest BCUT2D eigenvalue weighted by Gasteiger charge is -2.41. The van der Waals surface area contributed by atoms with E-state index in [0.717, 1.165) is 35.8 Å². The monoisotopic (exact) mass is 583 g/mol. The fourth-order valence-electron chi connectivity index (χ4n) is 6.35. The van der Waals surface area contributed by atoms with Crippen molar-refractivity contribution in [2.45, 2.75) is 37.9 Å². The first kappa shape index (κ1) is 28.6. The number of piperazine rings is 1. The minimum atomic E-state index is -0.313. The van der Waals surface area contributed by atoms with Crippen LogP contribution in [0.4, 0.5) is 11.5 Å². The number of hydrogen-bond acceptors (Lipinski definition) is 10. The van der Waals surface area contributed by atoms with E-state index in [4.69, 9.17) is 19.4 Å². The number of likely N-dealkylation sites (tertiary alicyclic amines) is 1. The fourth-order valence-corrected chi connectivity index (χ4v) is 6.35. The van der Waals surface area contributed by atoms with Crippen LogP contribution >= 0.6 is 0 Å². The average Bonchev–Trinajstić information content (AvgIpc) is 3.30. The van der Waals surface area contributed by atoms with E-state index in [9.17, 15) is 15.2 Å². The molecule has 43 heavy (non-hydrogen) atoms. The maximum absolute atomic E-state index is 12.5. The molecule has 0 unspecified atom stereocenters. The van der Waals surface area contributed by atoms with E-state index < -0.39 is 0 Å². The Morgan fingerprint density at radius 1 is 1.19 bits per heavy atom. The van der Waals surface area contributed by atoms with E-state index in [1.165, 1.54) is 6.08 Å². The van der Waals surface area contributed by atoms with E-state index in [1.807, 2.05) is 24.3 Å². The molecular weight excluding hydrogens is 546 g/mol. The van der Waals surface area contributed by atoms with Crippen LogP contribution in [0, 0.1) is 11.3 Å². The summed E-state index contributed by atoms with van der Waals surface area (Å²) in [5.41, 5.74) is 1.58. The van der Waals surface area contributed by atoms with Gasteiger partial charge in [0.15, 0.2) is 11.6 Å². The van der Waals surface area contributed by atoms with E-state index in [2.05, 4.69) is 34.4 Å². The summed E-state index contributed by atoms with van der Waals surface area (Å²) >= 11 is 0. The number of anilines is 2. The molecule has 1 aromatic heterocycles. The lowest BCUT2D eigenvalue weighted by Crippen LogP contribution is -2.55. The molecular formula is C32H37N7O4. The van der Waals surface area contributed by atoms with Gasteiger partial charge in [-0.05, 0) is 44.0 Å². The number of ether oxygens (including phenoxy) is 2. The maximum atomic E-state index is 12.5. The number of phenols is 1. The van der Waals surface area contributed by atoms with Crippen molar-refractivity contribution in [3.63, 3.8) is 0 Å². The molecule has 2 atom stereocenters. The largest absolute Gasteiger partial charge is 0.508 e. The predicted molar refractivity (Wildman–Crippen MR) is 163 cm³/mol. The fraction of sp³-hybridized carbons (Fsp3) is 0.438. The number of amides is 1. The number of phenolic OH excluding ortho intramolecular Hbond substituents is 1. The molecule has 11 nitrogen and oxygen atoms in total. The molecule has 2 saturated heterocycles. The van der Waals surface area contributed by atoms with Gasteiger partial charge >= 0.3 is 6.01 Å². The molecule has 0 bridgehead atoms. The van der Waals surface area contributed by atoms with Gasteiger partial charge in [0.1, 0.15) is 24.7 Å². The van der Waals surface area contributed by atoms with Gasteiger partial charge in [0.05, 0.1) is 31.6 Å². The summed E-state index contributed by atoms with van der Waals surface area (Å²) in [4.78, 5) is 30.5. The first-order chi connectivity index (χ1) is 20.9. The molecule has 11 heteroatoms. The van der Waals surface area contributed by atoms with Crippen molar-refractivity contribution < 1.29 is 19.4 Å². The topological polar surface area (TPSA) is 118 Å². The van der Waals surface area contributed by atoms with Gasteiger partial charge in [-0.2, -0.15) is 15.2 Å². The summed E-state index contributed by atoms with van der Waals surface area (Å²) in [6, 6.07) is 14.0. The third kappa shape index (κ3) is 5.88. The first-order valence-corrected chi connectivity index (χ1v) is 14.8. The molecule has 0 spiro atoms. The summed E-state index contributed by atoms with van der Waals surface area (Å²) < 4.78 is 12.6. The number of aromatic hydroxyl groups is 1. The van der Waals surface area contributed by atoms with Gasteiger partial charge in [0.2, 0.25) is 5.91 Å². The molecule has 0 aliphatic carbocycles. The zero-order chi connectivity index (χ0) is 29.9. The van der Waals surface area contributed by atoms with Crippen LogP contribution in [0.2, 0.25) is 0 Å². The third-order valence-electron chi connectivity index (χ3n) is 8.65. The highest BCUT2D eigenvalue weighted by Crippen LogP contribution is 2.38. The maximum Gasteiger partial charge on any atom is 0.318 e. The quantitative estimate of drug-likeness (QED) is 0.415. The number of rotatable bonds is 7. The van der Waals surface area contributed by atoms with Crippen LogP contribution in [0.5, 0.6) is 17.5 Å². The molecule has 3 aromatic rings. The minimum Gasteiger partial charge on any atom is -0.508 e. The number of nitrogens with zero attached hydrogens (tertiary/aromatic N) is 7. The van der Waals surface area contributed by atoms with E-state index in [-0.39, 0.29) is 30.1 Å². The highest BCUT2D eigenvalue weighted by atomic mass is 16.5. The van der Waals surface area contributed by atoms with Crippen molar-refractivity contribution in [2.24, 2.45) is 0 Å². The number of benzene rings is 2. The Morgan fingerprint density at radius 2 is 2.05 bits per heavy atom. The smallest absolute Gasteiger partial charge is 0.318 e. The number of hydrogen-bond donors (Lipinski definition) is 1. The Bertz CT molecular complexity index is 1560.